The van der Waals surface area contributed by atoms with Gasteiger partial charge in [0.05, 0.1) is 0 Å². The van der Waals surface area contributed by atoms with Gasteiger partial charge in [0, 0.05) is 16.7 Å². The van der Waals surface area contributed by atoms with Gasteiger partial charge in [-0.1, -0.05) is 57.2 Å². The molecule has 2 rings (SSSR count). The Hall–Kier alpha value is -1.32. The molecule has 0 saturated carbocycles. The highest BCUT2D eigenvalue weighted by Crippen LogP contribution is 2.27. The molecular weight excluding hydrogens is 281 g/mol. The lowest BCUT2D eigenvalue weighted by molar-refractivity contribution is 0.589. The van der Waals surface area contributed by atoms with Crippen molar-refractivity contribution in [2.24, 2.45) is 5.73 Å². The number of nitrogens with two attached hydrogens (primary N) is 1. The van der Waals surface area contributed by atoms with Gasteiger partial charge in [0.25, 0.3) is 0 Å². The lowest BCUT2D eigenvalue weighted by Gasteiger charge is -2.20. The van der Waals surface area contributed by atoms with Gasteiger partial charge in [0.2, 0.25) is 0 Å². The van der Waals surface area contributed by atoms with Crippen molar-refractivity contribution in [3.8, 4) is 0 Å². The number of hydrogen-bond acceptors (Lipinski definition) is 2. The van der Waals surface area contributed by atoms with Gasteiger partial charge in [-0.2, -0.15) is 0 Å². The van der Waals surface area contributed by atoms with E-state index in [0.29, 0.717) is 10.6 Å². The maximum absolute atomic E-state index is 13.6. The third kappa shape index (κ3) is 4.32. The van der Waals surface area contributed by atoms with Crippen LogP contribution >= 0.6 is 11.8 Å². The Bertz CT molecular complexity index is 587. The minimum Gasteiger partial charge on any atom is -0.323 e. The molecule has 1 atom stereocenters. The molecule has 0 bridgehead atoms. The molecule has 0 amide bonds. The van der Waals surface area contributed by atoms with E-state index in [4.69, 9.17) is 5.73 Å². The van der Waals surface area contributed by atoms with Gasteiger partial charge in [-0.05, 0) is 28.7 Å². The summed E-state index contributed by atoms with van der Waals surface area (Å²) in [4.78, 5) is 0.652. The first-order valence-electron chi connectivity index (χ1n) is 7.11. The van der Waals surface area contributed by atoms with Crippen LogP contribution in [0.15, 0.2) is 53.4 Å². The first kappa shape index (κ1) is 16.1. The fourth-order valence-corrected chi connectivity index (χ4v) is 3.00. The molecule has 3 heteroatoms. The topological polar surface area (TPSA) is 26.0 Å². The van der Waals surface area contributed by atoms with Crippen molar-refractivity contribution < 1.29 is 4.39 Å². The summed E-state index contributed by atoms with van der Waals surface area (Å²) in [5.74, 6) is 0.480. The molecule has 0 aliphatic carbocycles. The molecule has 0 aliphatic heterocycles. The quantitative estimate of drug-likeness (QED) is 0.812. The van der Waals surface area contributed by atoms with Crippen LogP contribution in [-0.2, 0) is 5.41 Å². The maximum Gasteiger partial charge on any atom is 0.136 e. The zero-order valence-corrected chi connectivity index (χ0v) is 13.6. The summed E-state index contributed by atoms with van der Waals surface area (Å²) in [5.41, 5.74) is 8.73. The van der Waals surface area contributed by atoms with Crippen molar-refractivity contribution in [3.05, 3.63) is 65.5 Å². The van der Waals surface area contributed by atoms with E-state index in [2.05, 4.69) is 45.0 Å². The summed E-state index contributed by atoms with van der Waals surface area (Å²) >= 11 is 1.46. The largest absolute Gasteiger partial charge is 0.323 e. The zero-order chi connectivity index (χ0) is 15.5. The fourth-order valence-electron chi connectivity index (χ4n) is 2.07. The second kappa shape index (κ2) is 6.63. The van der Waals surface area contributed by atoms with Crippen molar-refractivity contribution >= 4 is 11.8 Å². The van der Waals surface area contributed by atoms with Crippen molar-refractivity contribution in [2.75, 3.05) is 5.75 Å². The Labute approximate surface area is 130 Å². The van der Waals surface area contributed by atoms with Gasteiger partial charge in [0.1, 0.15) is 5.82 Å². The van der Waals surface area contributed by atoms with E-state index < -0.39 is 0 Å². The van der Waals surface area contributed by atoms with E-state index in [-0.39, 0.29) is 17.3 Å². The SMILES string of the molecule is CC(C)(C)c1ccc(C(N)CSc2ccccc2F)cc1. The van der Waals surface area contributed by atoms with Gasteiger partial charge in [-0.25, -0.2) is 4.39 Å². The summed E-state index contributed by atoms with van der Waals surface area (Å²) in [5, 5.41) is 0. The summed E-state index contributed by atoms with van der Waals surface area (Å²) in [7, 11) is 0. The highest BCUT2D eigenvalue weighted by molar-refractivity contribution is 7.99. The molecule has 112 valence electrons. The predicted molar refractivity (Wildman–Crippen MR) is 89.2 cm³/mol. The fraction of sp³-hybridized carbons (Fsp3) is 0.333. The van der Waals surface area contributed by atoms with Crippen molar-refractivity contribution in [3.63, 3.8) is 0 Å². The molecule has 0 saturated heterocycles. The smallest absolute Gasteiger partial charge is 0.136 e. The van der Waals surface area contributed by atoms with Gasteiger partial charge in [-0.15, -0.1) is 11.8 Å². The summed E-state index contributed by atoms with van der Waals surface area (Å²) in [6.07, 6.45) is 0. The van der Waals surface area contributed by atoms with Crippen LogP contribution in [0.2, 0.25) is 0 Å². The second-order valence-electron chi connectivity index (χ2n) is 6.22. The van der Waals surface area contributed by atoms with Crippen LogP contribution in [0.1, 0.15) is 37.9 Å². The molecule has 0 aromatic heterocycles. The summed E-state index contributed by atoms with van der Waals surface area (Å²) in [6.45, 7) is 6.57. The standard InChI is InChI=1S/C18H22FNS/c1-18(2,3)14-10-8-13(9-11-14)16(20)12-21-17-7-5-4-6-15(17)19/h4-11,16H,12,20H2,1-3H3. The van der Waals surface area contributed by atoms with Gasteiger partial charge in [0.15, 0.2) is 0 Å². The molecule has 0 fully saturated rings. The Balaban J connectivity index is 2.01. The molecule has 2 N–H and O–H groups in total. The highest BCUT2D eigenvalue weighted by Gasteiger charge is 2.14. The average Bonchev–Trinajstić information content (AvgIpc) is 2.45. The van der Waals surface area contributed by atoms with Crippen molar-refractivity contribution in [1.82, 2.24) is 0 Å². The minimum atomic E-state index is -0.183. The molecular formula is C18H22FNS. The van der Waals surface area contributed by atoms with Crippen molar-refractivity contribution in [2.45, 2.75) is 37.1 Å². The van der Waals surface area contributed by atoms with Crippen LogP contribution < -0.4 is 5.73 Å². The van der Waals surface area contributed by atoms with E-state index in [1.807, 2.05) is 6.07 Å². The lowest BCUT2D eigenvalue weighted by atomic mass is 9.86. The first-order valence-corrected chi connectivity index (χ1v) is 8.10. The number of benzene rings is 2. The molecule has 0 spiro atoms. The van der Waals surface area contributed by atoms with Crippen LogP contribution in [0.25, 0.3) is 0 Å². The third-order valence-electron chi connectivity index (χ3n) is 3.46. The summed E-state index contributed by atoms with van der Waals surface area (Å²) < 4.78 is 13.6. The van der Waals surface area contributed by atoms with Crippen LogP contribution in [0.3, 0.4) is 0 Å². The molecule has 2 aromatic rings. The molecule has 0 radical (unpaired) electrons. The van der Waals surface area contributed by atoms with Crippen LogP contribution in [0.5, 0.6) is 0 Å². The van der Waals surface area contributed by atoms with E-state index in [9.17, 15) is 4.39 Å². The molecule has 21 heavy (non-hydrogen) atoms. The first-order chi connectivity index (χ1) is 9.88. The normalized spacial score (nSPS) is 13.2. The molecule has 2 aromatic carbocycles. The monoisotopic (exact) mass is 303 g/mol. The lowest BCUT2D eigenvalue weighted by Crippen LogP contribution is -2.15. The van der Waals surface area contributed by atoms with E-state index in [0.717, 1.165) is 5.56 Å². The maximum atomic E-state index is 13.6. The molecule has 1 unspecified atom stereocenters. The third-order valence-corrected chi connectivity index (χ3v) is 4.63. The van der Waals surface area contributed by atoms with Gasteiger partial charge >= 0.3 is 0 Å². The number of hydrogen-bond donors (Lipinski definition) is 1. The number of thioether (sulfide) groups is 1. The minimum absolute atomic E-state index is 0.0939. The van der Waals surface area contributed by atoms with E-state index >= 15 is 0 Å². The van der Waals surface area contributed by atoms with Crippen LogP contribution in [0.4, 0.5) is 4.39 Å². The van der Waals surface area contributed by atoms with E-state index in [1.165, 1.54) is 23.4 Å². The highest BCUT2D eigenvalue weighted by atomic mass is 32.2. The Morgan fingerprint density at radius 2 is 1.67 bits per heavy atom. The average molecular weight is 303 g/mol. The zero-order valence-electron chi connectivity index (χ0n) is 12.8. The van der Waals surface area contributed by atoms with E-state index in [1.54, 1.807) is 12.1 Å². The van der Waals surface area contributed by atoms with Crippen LogP contribution in [0, 0.1) is 5.82 Å². The molecule has 0 heterocycles. The van der Waals surface area contributed by atoms with Crippen LogP contribution in [-0.4, -0.2) is 5.75 Å². The number of rotatable bonds is 4. The predicted octanol–water partition coefficient (Wildman–Crippen LogP) is 4.92. The summed E-state index contributed by atoms with van der Waals surface area (Å²) in [6, 6.07) is 15.1. The Morgan fingerprint density at radius 3 is 2.24 bits per heavy atom. The van der Waals surface area contributed by atoms with Crippen molar-refractivity contribution in [1.29, 1.82) is 0 Å². The molecule has 1 nitrogen and oxygen atoms in total. The second-order valence-corrected chi connectivity index (χ2v) is 7.28. The van der Waals surface area contributed by atoms with Gasteiger partial charge < -0.3 is 5.73 Å². The Kier molecular flexibility index (Phi) is 5.07. The Morgan fingerprint density at radius 1 is 1.05 bits per heavy atom. The molecule has 0 aliphatic rings. The van der Waals surface area contributed by atoms with Gasteiger partial charge in [-0.3, -0.25) is 0 Å². The number of halogens is 1.